The highest BCUT2D eigenvalue weighted by atomic mass is 16.6. The summed E-state index contributed by atoms with van der Waals surface area (Å²) in [5, 5.41) is 0. The number of carbonyl (C=O) groups excluding carboxylic acids is 1. The van der Waals surface area contributed by atoms with E-state index < -0.39 is 0 Å². The summed E-state index contributed by atoms with van der Waals surface area (Å²) >= 11 is 0. The maximum atomic E-state index is 12.7. The Morgan fingerprint density at radius 1 is 1.18 bits per heavy atom. The zero-order valence-electron chi connectivity index (χ0n) is 13.7. The van der Waals surface area contributed by atoms with Gasteiger partial charge in [0.05, 0.1) is 5.92 Å². The van der Waals surface area contributed by atoms with Crippen LogP contribution in [0, 0.1) is 55.3 Å². The van der Waals surface area contributed by atoms with Gasteiger partial charge in [0.2, 0.25) is 0 Å². The highest BCUT2D eigenvalue weighted by Gasteiger charge is 2.62. The number of hydrogen-bond donors (Lipinski definition) is 0. The summed E-state index contributed by atoms with van der Waals surface area (Å²) in [5.41, 5.74) is -0.195. The van der Waals surface area contributed by atoms with Gasteiger partial charge in [-0.15, -0.1) is 0 Å². The zero-order chi connectivity index (χ0) is 15.5. The van der Waals surface area contributed by atoms with Gasteiger partial charge in [0, 0.05) is 5.92 Å². The number of carbonyl (C=O) groups is 1. The second-order valence-corrected chi connectivity index (χ2v) is 8.41. The normalized spacial score (nSPS) is 53.0. The Balaban J connectivity index is 1.50. The first-order valence-corrected chi connectivity index (χ1v) is 9.28. The molecule has 4 radical (unpaired) electrons. The smallest absolute Gasteiger partial charge is 0.309 e. The van der Waals surface area contributed by atoms with Gasteiger partial charge >= 0.3 is 5.97 Å². The molecular weight excluding hydrogens is 272 g/mol. The van der Waals surface area contributed by atoms with Crippen LogP contribution in [0.25, 0.3) is 0 Å². The van der Waals surface area contributed by atoms with Crippen molar-refractivity contribution in [1.29, 1.82) is 0 Å². The van der Waals surface area contributed by atoms with Gasteiger partial charge in [-0.2, -0.15) is 0 Å². The molecule has 0 N–H and O–H groups in total. The number of hydrogen-bond acceptors (Lipinski definition) is 2. The monoisotopic (exact) mass is 300 g/mol. The first-order valence-electron chi connectivity index (χ1n) is 9.28. The molecule has 0 aromatic carbocycles. The lowest BCUT2D eigenvalue weighted by Gasteiger charge is -2.42. The quantitative estimate of drug-likeness (QED) is 0.730. The molecular formula is C20H28O2. The zero-order valence-corrected chi connectivity index (χ0v) is 13.7. The van der Waals surface area contributed by atoms with Crippen molar-refractivity contribution in [3.8, 4) is 0 Å². The van der Waals surface area contributed by atoms with E-state index in [1.54, 1.807) is 0 Å². The van der Waals surface area contributed by atoms with Crippen LogP contribution in [-0.4, -0.2) is 11.6 Å². The highest BCUT2D eigenvalue weighted by Crippen LogP contribution is 2.64. The van der Waals surface area contributed by atoms with Gasteiger partial charge in [-0.05, 0) is 88.4 Å². The first-order chi connectivity index (χ1) is 10.5. The summed E-state index contributed by atoms with van der Waals surface area (Å²) in [7, 11) is 0. The van der Waals surface area contributed by atoms with Crippen LogP contribution in [0.3, 0.4) is 0 Å². The first kappa shape index (κ1) is 15.0. The average Bonchev–Trinajstić information content (AvgIpc) is 3.19. The van der Waals surface area contributed by atoms with Crippen LogP contribution in [0.2, 0.25) is 0 Å². The standard InChI is InChI=1S/C20H28O2/c1-4-20(22-19(21)17-9-12(2)8-13(17)3)11-14-10-18(20)16-7-5-6-15(14)16/h2-3,12-18H,4-11H2,1H3. The molecule has 0 aromatic rings. The molecule has 120 valence electrons. The van der Waals surface area contributed by atoms with E-state index in [0.717, 1.165) is 37.0 Å². The summed E-state index contributed by atoms with van der Waals surface area (Å²) in [6.45, 7) is 14.3. The number of fused-ring (bicyclic) bond motifs is 5. The van der Waals surface area contributed by atoms with Gasteiger partial charge in [0.15, 0.2) is 0 Å². The molecule has 2 heteroatoms. The molecule has 8 unspecified atom stereocenters. The van der Waals surface area contributed by atoms with Crippen LogP contribution in [0.1, 0.15) is 58.3 Å². The summed E-state index contributed by atoms with van der Waals surface area (Å²) in [6.07, 6.45) is 8.90. The van der Waals surface area contributed by atoms with Crippen molar-refractivity contribution in [1.82, 2.24) is 0 Å². The second-order valence-electron chi connectivity index (χ2n) is 8.41. The van der Waals surface area contributed by atoms with Gasteiger partial charge in [-0.25, -0.2) is 0 Å². The molecule has 4 aliphatic rings. The molecule has 2 bridgehead atoms. The van der Waals surface area contributed by atoms with E-state index in [2.05, 4.69) is 6.92 Å². The van der Waals surface area contributed by atoms with Crippen LogP contribution in [-0.2, 0) is 9.53 Å². The molecule has 0 spiro atoms. The van der Waals surface area contributed by atoms with E-state index in [9.17, 15) is 4.79 Å². The van der Waals surface area contributed by atoms with Crippen LogP contribution < -0.4 is 0 Å². The molecule has 22 heavy (non-hydrogen) atoms. The van der Waals surface area contributed by atoms with Crippen molar-refractivity contribution in [2.45, 2.75) is 63.9 Å². The third-order valence-corrected chi connectivity index (χ3v) is 7.44. The Kier molecular flexibility index (Phi) is 3.58. The number of rotatable bonds is 3. The predicted octanol–water partition coefficient (Wildman–Crippen LogP) is 4.20. The minimum absolute atomic E-state index is 0.0596. The number of esters is 1. The van der Waals surface area contributed by atoms with Crippen LogP contribution in [0.4, 0.5) is 0 Å². The third kappa shape index (κ3) is 2.08. The molecule has 0 aliphatic heterocycles. The topological polar surface area (TPSA) is 26.3 Å². The van der Waals surface area contributed by atoms with E-state index in [-0.39, 0.29) is 29.3 Å². The fraction of sp³-hybridized carbons (Fsp3) is 0.850. The lowest BCUT2D eigenvalue weighted by molar-refractivity contribution is -0.176. The molecule has 4 aliphatic carbocycles. The number of ether oxygens (including phenoxy) is 1. The van der Waals surface area contributed by atoms with E-state index >= 15 is 0 Å². The largest absolute Gasteiger partial charge is 0.459 e. The van der Waals surface area contributed by atoms with Crippen molar-refractivity contribution in [3.05, 3.63) is 13.8 Å². The van der Waals surface area contributed by atoms with Crippen molar-refractivity contribution < 1.29 is 9.53 Å². The van der Waals surface area contributed by atoms with Gasteiger partial charge in [-0.1, -0.05) is 13.3 Å². The van der Waals surface area contributed by atoms with E-state index in [0.29, 0.717) is 12.3 Å². The van der Waals surface area contributed by atoms with Crippen LogP contribution in [0.5, 0.6) is 0 Å². The maximum absolute atomic E-state index is 12.7. The molecule has 2 nitrogen and oxygen atoms in total. The Morgan fingerprint density at radius 2 is 1.95 bits per heavy atom. The van der Waals surface area contributed by atoms with E-state index in [1.807, 2.05) is 0 Å². The fourth-order valence-corrected chi connectivity index (χ4v) is 6.47. The lowest BCUT2D eigenvalue weighted by Crippen LogP contribution is -2.46. The second kappa shape index (κ2) is 5.24. The SMILES string of the molecule is [CH]C1CC([CH])C(C(=O)OC2(CC)CC3CC2C2CCCC32)C1. The summed E-state index contributed by atoms with van der Waals surface area (Å²) in [6, 6.07) is 0. The van der Waals surface area contributed by atoms with E-state index in [1.165, 1.54) is 25.7 Å². The molecule has 8 atom stereocenters. The van der Waals surface area contributed by atoms with Crippen molar-refractivity contribution in [2.75, 3.05) is 0 Å². The lowest BCUT2D eigenvalue weighted by atomic mass is 9.71. The van der Waals surface area contributed by atoms with Crippen LogP contribution in [0.15, 0.2) is 0 Å². The summed E-state index contributed by atoms with van der Waals surface area (Å²) in [4.78, 5) is 12.7. The molecule has 4 fully saturated rings. The molecule has 0 aromatic heterocycles. The highest BCUT2D eigenvalue weighted by molar-refractivity contribution is 5.74. The van der Waals surface area contributed by atoms with E-state index in [4.69, 9.17) is 18.6 Å². The Morgan fingerprint density at radius 3 is 2.64 bits per heavy atom. The molecule has 4 rings (SSSR count). The van der Waals surface area contributed by atoms with Gasteiger partial charge < -0.3 is 4.74 Å². The Hall–Kier alpha value is -0.530. The average molecular weight is 300 g/mol. The van der Waals surface area contributed by atoms with Gasteiger partial charge in [-0.3, -0.25) is 4.79 Å². The van der Waals surface area contributed by atoms with Crippen molar-refractivity contribution >= 4 is 5.97 Å². The van der Waals surface area contributed by atoms with Gasteiger partial charge in [0.25, 0.3) is 0 Å². The summed E-state index contributed by atoms with van der Waals surface area (Å²) < 4.78 is 6.22. The molecule has 0 amide bonds. The molecule has 0 heterocycles. The maximum Gasteiger partial charge on any atom is 0.309 e. The van der Waals surface area contributed by atoms with Crippen molar-refractivity contribution in [3.63, 3.8) is 0 Å². The molecule has 0 saturated heterocycles. The Bertz CT molecular complexity index is 459. The third-order valence-electron chi connectivity index (χ3n) is 7.44. The minimum Gasteiger partial charge on any atom is -0.459 e. The van der Waals surface area contributed by atoms with Crippen LogP contribution >= 0.6 is 0 Å². The minimum atomic E-state index is -0.195. The Labute approximate surface area is 135 Å². The predicted molar refractivity (Wildman–Crippen MR) is 84.5 cm³/mol. The molecule has 4 saturated carbocycles. The summed E-state index contributed by atoms with van der Waals surface area (Å²) in [5.74, 6) is 2.83. The fourth-order valence-electron chi connectivity index (χ4n) is 6.47. The van der Waals surface area contributed by atoms with Crippen molar-refractivity contribution in [2.24, 2.45) is 41.4 Å². The van der Waals surface area contributed by atoms with Gasteiger partial charge in [0.1, 0.15) is 5.60 Å².